The monoisotopic (exact) mass is 211 g/mol. The van der Waals surface area contributed by atoms with Gasteiger partial charge < -0.3 is 14.2 Å². The molecule has 0 aliphatic carbocycles. The molecule has 6 nitrogen and oxygen atoms in total. The van der Waals surface area contributed by atoms with Gasteiger partial charge >= 0.3 is 11.9 Å². The molecule has 82 valence electrons. The maximum Gasteiger partial charge on any atom is 0.396 e. The molecular formula is C9H13N3O3. The lowest BCUT2D eigenvalue weighted by molar-refractivity contribution is -0.157. The van der Waals surface area contributed by atoms with Crippen LogP contribution in [0.5, 0.6) is 0 Å². The van der Waals surface area contributed by atoms with Crippen LogP contribution in [0.3, 0.4) is 0 Å². The van der Waals surface area contributed by atoms with Gasteiger partial charge in [0.15, 0.2) is 0 Å². The lowest BCUT2D eigenvalue weighted by atomic mass is 10.4. The van der Waals surface area contributed by atoms with E-state index in [1.807, 2.05) is 7.05 Å². The maximum atomic E-state index is 11.3. The molecule has 0 unspecified atom stereocenters. The summed E-state index contributed by atoms with van der Waals surface area (Å²) >= 11 is 0. The number of methoxy groups -OCH3 is 1. The third-order valence-electron chi connectivity index (χ3n) is 2.01. The lowest BCUT2D eigenvalue weighted by Gasteiger charge is -2.14. The van der Waals surface area contributed by atoms with Gasteiger partial charge in [0.25, 0.3) is 0 Å². The van der Waals surface area contributed by atoms with Gasteiger partial charge in [0, 0.05) is 26.5 Å². The number of aryl methyl sites for hydroxylation is 1. The second-order valence-electron chi connectivity index (χ2n) is 3.11. The summed E-state index contributed by atoms with van der Waals surface area (Å²) < 4.78 is 6.10. The van der Waals surface area contributed by atoms with E-state index in [1.54, 1.807) is 17.0 Å². The number of carbonyl (C=O) groups excluding carboxylic acids is 2. The molecule has 15 heavy (non-hydrogen) atoms. The van der Waals surface area contributed by atoms with E-state index in [1.165, 1.54) is 19.1 Å². The number of hydrogen-bond acceptors (Lipinski definition) is 4. The first-order valence-corrected chi connectivity index (χ1v) is 4.36. The molecule has 0 atom stereocenters. The molecule has 0 saturated heterocycles. The van der Waals surface area contributed by atoms with Gasteiger partial charge in [0.2, 0.25) is 0 Å². The molecule has 0 spiro atoms. The second kappa shape index (κ2) is 4.59. The van der Waals surface area contributed by atoms with Crippen LogP contribution in [0.2, 0.25) is 0 Å². The van der Waals surface area contributed by atoms with Crippen molar-refractivity contribution in [1.82, 2.24) is 14.5 Å². The van der Waals surface area contributed by atoms with Crippen LogP contribution in [0.15, 0.2) is 12.4 Å². The summed E-state index contributed by atoms with van der Waals surface area (Å²) in [5, 5.41) is 0. The Morgan fingerprint density at radius 3 is 2.73 bits per heavy atom. The predicted octanol–water partition coefficient (Wildman–Crippen LogP) is -0.449. The lowest BCUT2D eigenvalue weighted by Crippen LogP contribution is -2.34. The summed E-state index contributed by atoms with van der Waals surface area (Å²) in [4.78, 5) is 27.6. The summed E-state index contributed by atoms with van der Waals surface area (Å²) in [7, 11) is 4.52. The van der Waals surface area contributed by atoms with Gasteiger partial charge in [-0.15, -0.1) is 0 Å². The number of ether oxygens (including phenoxy) is 1. The van der Waals surface area contributed by atoms with Gasteiger partial charge in [0.1, 0.15) is 5.82 Å². The van der Waals surface area contributed by atoms with Crippen molar-refractivity contribution in [3.63, 3.8) is 0 Å². The van der Waals surface area contributed by atoms with Gasteiger partial charge in [-0.2, -0.15) is 0 Å². The van der Waals surface area contributed by atoms with Crippen molar-refractivity contribution in [1.29, 1.82) is 0 Å². The molecule has 0 radical (unpaired) electrons. The molecule has 0 aliphatic rings. The van der Waals surface area contributed by atoms with Crippen LogP contribution < -0.4 is 0 Å². The number of carbonyl (C=O) groups is 2. The minimum absolute atomic E-state index is 0.275. The first-order chi connectivity index (χ1) is 7.06. The fraction of sp³-hybridized carbons (Fsp3) is 0.444. The Labute approximate surface area is 87.5 Å². The fourth-order valence-electron chi connectivity index (χ4n) is 1.08. The smallest absolute Gasteiger partial charge is 0.396 e. The highest BCUT2D eigenvalue weighted by molar-refractivity contribution is 6.32. The zero-order chi connectivity index (χ0) is 11.4. The van der Waals surface area contributed by atoms with Crippen LogP contribution >= 0.6 is 0 Å². The third-order valence-corrected chi connectivity index (χ3v) is 2.01. The highest BCUT2D eigenvalue weighted by atomic mass is 16.5. The summed E-state index contributed by atoms with van der Waals surface area (Å²) in [6.45, 7) is 0.275. The molecule has 1 amide bonds. The predicted molar refractivity (Wildman–Crippen MR) is 51.7 cm³/mol. The standard InChI is InChI=1S/C9H13N3O3/c1-11-5-4-10-7(11)6-12(2)8(13)9(14)15-3/h4-5H,6H2,1-3H3. The molecular weight excluding hydrogens is 198 g/mol. The Bertz CT molecular complexity index is 372. The van der Waals surface area contributed by atoms with E-state index in [0.717, 1.165) is 0 Å². The van der Waals surface area contributed by atoms with Crippen molar-refractivity contribution in [2.75, 3.05) is 14.2 Å². The molecule has 0 fully saturated rings. The van der Waals surface area contributed by atoms with Crippen molar-refractivity contribution >= 4 is 11.9 Å². The van der Waals surface area contributed by atoms with E-state index >= 15 is 0 Å². The van der Waals surface area contributed by atoms with Crippen LogP contribution in [0.1, 0.15) is 5.82 Å². The molecule has 0 N–H and O–H groups in total. The number of imidazole rings is 1. The minimum Gasteiger partial charge on any atom is -0.462 e. The van der Waals surface area contributed by atoms with Crippen LogP contribution in [-0.2, 0) is 27.9 Å². The fourth-order valence-corrected chi connectivity index (χ4v) is 1.08. The molecule has 0 saturated carbocycles. The highest BCUT2D eigenvalue weighted by Crippen LogP contribution is 2.00. The van der Waals surface area contributed by atoms with Gasteiger partial charge in [0.05, 0.1) is 13.7 Å². The van der Waals surface area contributed by atoms with Gasteiger partial charge in [-0.25, -0.2) is 9.78 Å². The Morgan fingerprint density at radius 2 is 2.27 bits per heavy atom. The molecule has 0 aliphatic heterocycles. The Balaban J connectivity index is 2.64. The first-order valence-electron chi connectivity index (χ1n) is 4.36. The van der Waals surface area contributed by atoms with Crippen LogP contribution in [0, 0.1) is 0 Å². The van der Waals surface area contributed by atoms with E-state index in [2.05, 4.69) is 9.72 Å². The topological polar surface area (TPSA) is 64.4 Å². The summed E-state index contributed by atoms with van der Waals surface area (Å²) in [5.74, 6) is -0.845. The minimum atomic E-state index is -0.869. The molecule has 0 bridgehead atoms. The van der Waals surface area contributed by atoms with Crippen molar-refractivity contribution in [3.8, 4) is 0 Å². The maximum absolute atomic E-state index is 11.3. The molecule has 1 aromatic rings. The normalized spacial score (nSPS) is 9.80. The molecule has 1 rings (SSSR count). The Hall–Kier alpha value is -1.85. The number of rotatable bonds is 2. The zero-order valence-electron chi connectivity index (χ0n) is 8.93. The molecule has 1 heterocycles. The average molecular weight is 211 g/mol. The first kappa shape index (κ1) is 11.2. The van der Waals surface area contributed by atoms with Crippen LogP contribution in [0.4, 0.5) is 0 Å². The number of hydrogen-bond donors (Lipinski definition) is 0. The van der Waals surface area contributed by atoms with Crippen LogP contribution in [-0.4, -0.2) is 40.5 Å². The van der Waals surface area contributed by atoms with Gasteiger partial charge in [-0.3, -0.25) is 4.79 Å². The molecule has 0 aromatic carbocycles. The average Bonchev–Trinajstić information content (AvgIpc) is 2.62. The van der Waals surface area contributed by atoms with Crippen molar-refractivity contribution in [3.05, 3.63) is 18.2 Å². The molecule has 6 heteroatoms. The van der Waals surface area contributed by atoms with Gasteiger partial charge in [-0.1, -0.05) is 0 Å². The van der Waals surface area contributed by atoms with Gasteiger partial charge in [-0.05, 0) is 0 Å². The Kier molecular flexibility index (Phi) is 3.43. The van der Waals surface area contributed by atoms with Crippen molar-refractivity contribution in [2.45, 2.75) is 6.54 Å². The van der Waals surface area contributed by atoms with E-state index in [4.69, 9.17) is 0 Å². The zero-order valence-corrected chi connectivity index (χ0v) is 8.93. The summed E-state index contributed by atoms with van der Waals surface area (Å²) in [5.41, 5.74) is 0. The van der Waals surface area contributed by atoms with Crippen molar-refractivity contribution in [2.24, 2.45) is 7.05 Å². The number of nitrogens with zero attached hydrogens (tertiary/aromatic N) is 3. The van der Waals surface area contributed by atoms with E-state index in [0.29, 0.717) is 5.82 Å². The van der Waals surface area contributed by atoms with E-state index in [-0.39, 0.29) is 6.54 Å². The number of amides is 1. The van der Waals surface area contributed by atoms with Crippen LogP contribution in [0.25, 0.3) is 0 Å². The third kappa shape index (κ3) is 2.55. The summed E-state index contributed by atoms with van der Waals surface area (Å²) in [6.07, 6.45) is 3.40. The van der Waals surface area contributed by atoms with E-state index in [9.17, 15) is 9.59 Å². The SMILES string of the molecule is COC(=O)C(=O)N(C)Cc1nccn1C. The number of esters is 1. The summed E-state index contributed by atoms with van der Waals surface area (Å²) in [6, 6.07) is 0. The Morgan fingerprint density at radius 1 is 1.60 bits per heavy atom. The largest absolute Gasteiger partial charge is 0.462 e. The number of likely N-dealkylation sites (N-methyl/N-ethyl adjacent to an activating group) is 1. The second-order valence-corrected chi connectivity index (χ2v) is 3.11. The highest BCUT2D eigenvalue weighted by Gasteiger charge is 2.20. The number of aromatic nitrogens is 2. The van der Waals surface area contributed by atoms with Crippen molar-refractivity contribution < 1.29 is 14.3 Å². The quantitative estimate of drug-likeness (QED) is 0.491. The van der Waals surface area contributed by atoms with E-state index < -0.39 is 11.9 Å². The molecule has 1 aromatic heterocycles.